The standard InChI is InChI=1S/C16H15F3N2O5/c17-16(18,19)11-5-6-12(13(8-11)21(24)25)20-14(22)9-26-15(23)7-10-3-1-2-4-10/h1,3,5-6,8,10H,2,4,7,9H2,(H,20,22)/t10-/m0/s1. The Kier molecular flexibility index (Phi) is 5.96. The molecule has 2 rings (SSSR count). The monoisotopic (exact) mass is 372 g/mol. The minimum atomic E-state index is -4.75. The van der Waals surface area contributed by atoms with Gasteiger partial charge >= 0.3 is 12.1 Å². The second kappa shape index (κ2) is 7.98. The van der Waals surface area contributed by atoms with Crippen molar-refractivity contribution in [2.24, 2.45) is 5.92 Å². The fourth-order valence-corrected chi connectivity index (χ4v) is 2.44. The number of carbonyl (C=O) groups is 2. The van der Waals surface area contributed by atoms with Gasteiger partial charge in [-0.1, -0.05) is 12.2 Å². The first-order valence-electron chi connectivity index (χ1n) is 7.64. The molecule has 1 aliphatic rings. The molecular weight excluding hydrogens is 357 g/mol. The fourth-order valence-electron chi connectivity index (χ4n) is 2.44. The van der Waals surface area contributed by atoms with Crippen molar-refractivity contribution in [3.8, 4) is 0 Å². The maximum atomic E-state index is 12.6. The normalized spacial score (nSPS) is 16.3. The lowest BCUT2D eigenvalue weighted by Crippen LogP contribution is -2.22. The molecule has 26 heavy (non-hydrogen) atoms. The number of nitrogens with zero attached hydrogens (tertiary/aromatic N) is 1. The second-order valence-corrected chi connectivity index (χ2v) is 5.67. The summed E-state index contributed by atoms with van der Waals surface area (Å²) < 4.78 is 42.7. The minimum Gasteiger partial charge on any atom is -0.456 e. The van der Waals surface area contributed by atoms with Crippen LogP contribution < -0.4 is 5.32 Å². The zero-order chi connectivity index (χ0) is 19.3. The molecule has 140 valence electrons. The molecule has 0 aliphatic heterocycles. The number of benzene rings is 1. The maximum absolute atomic E-state index is 12.6. The van der Waals surface area contributed by atoms with Gasteiger partial charge in [0.05, 0.1) is 16.9 Å². The molecule has 0 bridgehead atoms. The lowest BCUT2D eigenvalue weighted by molar-refractivity contribution is -0.384. The fraction of sp³-hybridized carbons (Fsp3) is 0.375. The highest BCUT2D eigenvalue weighted by Gasteiger charge is 2.33. The first-order valence-corrected chi connectivity index (χ1v) is 7.64. The van der Waals surface area contributed by atoms with Crippen molar-refractivity contribution < 1.29 is 32.4 Å². The molecule has 0 spiro atoms. The molecule has 1 N–H and O–H groups in total. The Bertz CT molecular complexity index is 746. The van der Waals surface area contributed by atoms with Crippen molar-refractivity contribution in [2.75, 3.05) is 11.9 Å². The van der Waals surface area contributed by atoms with E-state index in [2.05, 4.69) is 5.32 Å². The van der Waals surface area contributed by atoms with E-state index in [1.54, 1.807) is 0 Å². The zero-order valence-corrected chi connectivity index (χ0v) is 13.4. The Morgan fingerprint density at radius 2 is 2.08 bits per heavy atom. The van der Waals surface area contributed by atoms with E-state index < -0.39 is 46.5 Å². The van der Waals surface area contributed by atoms with Gasteiger partial charge < -0.3 is 10.1 Å². The van der Waals surface area contributed by atoms with Crippen molar-refractivity contribution in [2.45, 2.75) is 25.4 Å². The predicted molar refractivity (Wildman–Crippen MR) is 84.2 cm³/mol. The molecule has 0 heterocycles. The number of esters is 1. The minimum absolute atomic E-state index is 0.0570. The number of nitro benzene ring substituents is 1. The van der Waals surface area contributed by atoms with Crippen LogP contribution in [0.15, 0.2) is 30.4 Å². The SMILES string of the molecule is O=C(COC(=O)C[C@H]1C=CCC1)Nc1ccc(C(F)(F)F)cc1[N+](=O)[O-]. The number of amides is 1. The van der Waals surface area contributed by atoms with Crippen LogP contribution in [0.4, 0.5) is 24.5 Å². The summed E-state index contributed by atoms with van der Waals surface area (Å²) in [6.45, 7) is -0.687. The Morgan fingerprint density at radius 1 is 1.35 bits per heavy atom. The van der Waals surface area contributed by atoms with Gasteiger partial charge in [-0.3, -0.25) is 19.7 Å². The van der Waals surface area contributed by atoms with E-state index in [-0.39, 0.29) is 12.3 Å². The first kappa shape index (κ1) is 19.4. The molecular formula is C16H15F3N2O5. The van der Waals surface area contributed by atoms with Crippen molar-refractivity contribution in [1.29, 1.82) is 0 Å². The number of alkyl halides is 3. The number of nitro groups is 1. The van der Waals surface area contributed by atoms with Crippen LogP contribution in [-0.2, 0) is 20.5 Å². The Morgan fingerprint density at radius 3 is 2.65 bits per heavy atom. The molecule has 0 unspecified atom stereocenters. The van der Waals surface area contributed by atoms with Crippen LogP contribution in [0.25, 0.3) is 0 Å². The zero-order valence-electron chi connectivity index (χ0n) is 13.4. The quantitative estimate of drug-likeness (QED) is 0.357. The van der Waals surface area contributed by atoms with Gasteiger partial charge in [-0.15, -0.1) is 0 Å². The van der Waals surface area contributed by atoms with Crippen LogP contribution in [0.3, 0.4) is 0 Å². The smallest absolute Gasteiger partial charge is 0.416 e. The van der Waals surface area contributed by atoms with E-state index in [1.807, 2.05) is 12.2 Å². The van der Waals surface area contributed by atoms with E-state index in [9.17, 15) is 32.9 Å². The topological polar surface area (TPSA) is 98.5 Å². The lowest BCUT2D eigenvalue weighted by atomic mass is 10.1. The number of allylic oxidation sites excluding steroid dienone is 2. The van der Waals surface area contributed by atoms with Crippen LogP contribution in [0.1, 0.15) is 24.8 Å². The molecule has 7 nitrogen and oxygen atoms in total. The molecule has 1 aromatic rings. The third-order valence-electron chi connectivity index (χ3n) is 3.70. The summed E-state index contributed by atoms with van der Waals surface area (Å²) in [6.07, 6.45) is 0.873. The number of hydrogen-bond acceptors (Lipinski definition) is 5. The molecule has 1 aliphatic carbocycles. The van der Waals surface area contributed by atoms with E-state index in [0.717, 1.165) is 18.9 Å². The highest BCUT2D eigenvalue weighted by molar-refractivity contribution is 5.94. The van der Waals surface area contributed by atoms with Gasteiger partial charge in [-0.2, -0.15) is 13.2 Å². The summed E-state index contributed by atoms with van der Waals surface area (Å²) in [4.78, 5) is 33.3. The number of carbonyl (C=O) groups excluding carboxylic acids is 2. The van der Waals surface area contributed by atoms with E-state index in [4.69, 9.17) is 4.74 Å². The van der Waals surface area contributed by atoms with E-state index in [0.29, 0.717) is 12.1 Å². The van der Waals surface area contributed by atoms with Crippen LogP contribution in [0.5, 0.6) is 0 Å². The third-order valence-corrected chi connectivity index (χ3v) is 3.70. The number of ether oxygens (including phenoxy) is 1. The summed E-state index contributed by atoms with van der Waals surface area (Å²) in [5.74, 6) is -1.43. The van der Waals surface area contributed by atoms with Gasteiger partial charge in [0.25, 0.3) is 11.6 Å². The summed E-state index contributed by atoms with van der Waals surface area (Å²) in [6, 6.07) is 1.72. The number of halogens is 3. The Labute approximate surface area is 146 Å². The lowest BCUT2D eigenvalue weighted by Gasteiger charge is -2.11. The highest BCUT2D eigenvalue weighted by Crippen LogP contribution is 2.34. The number of anilines is 1. The third kappa shape index (κ3) is 5.30. The van der Waals surface area contributed by atoms with Gasteiger partial charge in [0.2, 0.25) is 0 Å². The van der Waals surface area contributed by atoms with Gasteiger partial charge in [0.1, 0.15) is 5.69 Å². The van der Waals surface area contributed by atoms with Crippen LogP contribution in [-0.4, -0.2) is 23.4 Å². The van der Waals surface area contributed by atoms with E-state index in [1.165, 1.54) is 0 Å². The number of hydrogen-bond donors (Lipinski definition) is 1. The summed E-state index contributed by atoms with van der Waals surface area (Å²) in [5.41, 5.74) is -2.53. The average Bonchev–Trinajstić information content (AvgIpc) is 3.05. The van der Waals surface area contributed by atoms with Crippen LogP contribution in [0, 0.1) is 16.0 Å². The summed E-state index contributed by atoms with van der Waals surface area (Å²) >= 11 is 0. The van der Waals surface area contributed by atoms with Gasteiger partial charge in [-0.25, -0.2) is 0 Å². The largest absolute Gasteiger partial charge is 0.456 e. The molecule has 1 aromatic carbocycles. The molecule has 0 saturated carbocycles. The summed E-state index contributed by atoms with van der Waals surface area (Å²) in [5, 5.41) is 13.0. The van der Waals surface area contributed by atoms with Crippen molar-refractivity contribution in [1.82, 2.24) is 0 Å². The van der Waals surface area contributed by atoms with Crippen LogP contribution >= 0.6 is 0 Å². The molecule has 0 radical (unpaired) electrons. The summed E-state index contributed by atoms with van der Waals surface area (Å²) in [7, 11) is 0. The Hall–Kier alpha value is -2.91. The molecule has 0 saturated heterocycles. The number of rotatable bonds is 6. The molecule has 0 fully saturated rings. The predicted octanol–water partition coefficient (Wildman–Crippen LogP) is 3.45. The van der Waals surface area contributed by atoms with E-state index >= 15 is 0 Å². The average molecular weight is 372 g/mol. The van der Waals surface area contributed by atoms with Crippen molar-refractivity contribution in [3.63, 3.8) is 0 Å². The van der Waals surface area contributed by atoms with Gasteiger partial charge in [0.15, 0.2) is 6.61 Å². The maximum Gasteiger partial charge on any atom is 0.416 e. The number of nitrogens with one attached hydrogen (secondary N) is 1. The molecule has 0 aromatic heterocycles. The molecule has 1 atom stereocenters. The van der Waals surface area contributed by atoms with Crippen LogP contribution in [0.2, 0.25) is 0 Å². The Balaban J connectivity index is 1.96. The van der Waals surface area contributed by atoms with Gasteiger partial charge in [-0.05, 0) is 30.9 Å². The molecule has 10 heteroatoms. The molecule has 1 amide bonds. The van der Waals surface area contributed by atoms with Gasteiger partial charge in [0, 0.05) is 6.07 Å². The second-order valence-electron chi connectivity index (χ2n) is 5.67. The van der Waals surface area contributed by atoms with Crippen molar-refractivity contribution >= 4 is 23.3 Å². The highest BCUT2D eigenvalue weighted by atomic mass is 19.4. The first-order chi connectivity index (χ1) is 12.2. The van der Waals surface area contributed by atoms with Crippen molar-refractivity contribution in [3.05, 3.63) is 46.0 Å².